The quantitative estimate of drug-likeness (QED) is 0.666. The molecular weight excluding hydrogens is 392 g/mol. The van der Waals surface area contributed by atoms with Gasteiger partial charge in [0.25, 0.3) is 5.91 Å². The summed E-state index contributed by atoms with van der Waals surface area (Å²) < 4.78 is 1.75. The van der Waals surface area contributed by atoms with Crippen LogP contribution in [0.25, 0.3) is 11.0 Å². The van der Waals surface area contributed by atoms with Crippen molar-refractivity contribution in [1.29, 1.82) is 0 Å². The van der Waals surface area contributed by atoms with Crippen molar-refractivity contribution >= 4 is 34.3 Å². The van der Waals surface area contributed by atoms with Crippen molar-refractivity contribution in [2.24, 2.45) is 12.8 Å². The van der Waals surface area contributed by atoms with Crippen molar-refractivity contribution in [3.05, 3.63) is 36.2 Å². The SMILES string of the molecule is Cn1cc2cc(NC(=O)c3cccc(N4CC[C@H](N)C4)n3)c(N3CCCCC3)nc2n1. The first kappa shape index (κ1) is 19.7. The highest BCUT2D eigenvalue weighted by Crippen LogP contribution is 2.30. The molecule has 162 valence electrons. The summed E-state index contributed by atoms with van der Waals surface area (Å²) in [4.78, 5) is 26.9. The largest absolute Gasteiger partial charge is 0.355 e. The molecule has 0 aromatic carbocycles. The number of aryl methyl sites for hydroxylation is 1. The third-order valence-electron chi connectivity index (χ3n) is 6.01. The number of hydrogen-bond acceptors (Lipinski definition) is 7. The zero-order chi connectivity index (χ0) is 21.4. The second-order valence-electron chi connectivity index (χ2n) is 8.45. The summed E-state index contributed by atoms with van der Waals surface area (Å²) in [5.74, 6) is 1.33. The normalized spacial score (nSPS) is 19.2. The highest BCUT2D eigenvalue weighted by atomic mass is 16.1. The lowest BCUT2D eigenvalue weighted by Gasteiger charge is -2.29. The molecule has 0 aliphatic carbocycles. The first-order valence-electron chi connectivity index (χ1n) is 10.9. The van der Waals surface area contributed by atoms with Crippen LogP contribution in [0, 0.1) is 0 Å². The molecule has 9 heteroatoms. The average Bonchev–Trinajstić information content (AvgIpc) is 3.38. The van der Waals surface area contributed by atoms with Crippen LogP contribution < -0.4 is 20.9 Å². The molecule has 1 amide bonds. The van der Waals surface area contributed by atoms with E-state index in [-0.39, 0.29) is 11.9 Å². The van der Waals surface area contributed by atoms with E-state index < -0.39 is 0 Å². The Kier molecular flexibility index (Phi) is 5.19. The van der Waals surface area contributed by atoms with Crippen LogP contribution >= 0.6 is 0 Å². The first-order valence-corrected chi connectivity index (χ1v) is 10.9. The van der Waals surface area contributed by atoms with Crippen molar-refractivity contribution < 1.29 is 4.79 Å². The van der Waals surface area contributed by atoms with Crippen molar-refractivity contribution in [3.63, 3.8) is 0 Å². The van der Waals surface area contributed by atoms with Gasteiger partial charge in [0.15, 0.2) is 11.5 Å². The van der Waals surface area contributed by atoms with Crippen molar-refractivity contribution in [1.82, 2.24) is 19.7 Å². The van der Waals surface area contributed by atoms with Gasteiger partial charge in [-0.25, -0.2) is 9.97 Å². The number of anilines is 3. The van der Waals surface area contributed by atoms with Gasteiger partial charge in [-0.1, -0.05) is 6.07 Å². The maximum absolute atomic E-state index is 13.1. The Morgan fingerprint density at radius 1 is 1.13 bits per heavy atom. The highest BCUT2D eigenvalue weighted by Gasteiger charge is 2.23. The second-order valence-corrected chi connectivity index (χ2v) is 8.45. The van der Waals surface area contributed by atoms with Crippen LogP contribution in [0.1, 0.15) is 36.2 Å². The van der Waals surface area contributed by atoms with E-state index >= 15 is 0 Å². The molecule has 31 heavy (non-hydrogen) atoms. The summed E-state index contributed by atoms with van der Waals surface area (Å²) in [7, 11) is 1.88. The van der Waals surface area contributed by atoms with E-state index in [9.17, 15) is 4.79 Å². The zero-order valence-electron chi connectivity index (χ0n) is 17.8. The van der Waals surface area contributed by atoms with Crippen LogP contribution in [0.5, 0.6) is 0 Å². The van der Waals surface area contributed by atoms with Gasteiger partial charge in [0.05, 0.1) is 5.69 Å². The maximum atomic E-state index is 13.1. The van der Waals surface area contributed by atoms with Crippen molar-refractivity contribution in [2.75, 3.05) is 41.3 Å². The summed E-state index contributed by atoms with van der Waals surface area (Å²) in [6, 6.07) is 7.65. The molecule has 0 unspecified atom stereocenters. The summed E-state index contributed by atoms with van der Waals surface area (Å²) in [5.41, 5.74) is 7.80. The summed E-state index contributed by atoms with van der Waals surface area (Å²) in [6.45, 7) is 3.48. The summed E-state index contributed by atoms with van der Waals surface area (Å²) in [5, 5.41) is 8.41. The molecule has 3 aromatic rings. The molecule has 5 rings (SSSR count). The van der Waals surface area contributed by atoms with Crippen LogP contribution in [0.4, 0.5) is 17.3 Å². The fraction of sp³-hybridized carbons (Fsp3) is 0.455. The fourth-order valence-electron chi connectivity index (χ4n) is 4.41. The molecule has 0 radical (unpaired) electrons. The van der Waals surface area contributed by atoms with Crippen molar-refractivity contribution in [3.8, 4) is 0 Å². The van der Waals surface area contributed by atoms with Gasteiger partial charge in [-0.2, -0.15) is 5.10 Å². The predicted octanol–water partition coefficient (Wildman–Crippen LogP) is 2.14. The predicted molar refractivity (Wildman–Crippen MR) is 122 cm³/mol. The standard InChI is InChI=1S/C22H28N8O/c1-28-13-15-12-18(21(26-20(15)27-28)29-9-3-2-4-10-29)25-22(31)17-6-5-7-19(24-17)30-11-8-16(23)14-30/h5-7,12-13,16H,2-4,8-11,14,23H2,1H3,(H,25,31)/t16-/m0/s1. The summed E-state index contributed by atoms with van der Waals surface area (Å²) >= 11 is 0. The van der Waals surface area contributed by atoms with Crippen LogP contribution in [-0.2, 0) is 7.05 Å². The van der Waals surface area contributed by atoms with E-state index in [0.29, 0.717) is 17.0 Å². The molecule has 2 aliphatic rings. The zero-order valence-corrected chi connectivity index (χ0v) is 17.8. The van der Waals surface area contributed by atoms with Crippen LogP contribution in [-0.4, -0.2) is 57.9 Å². The molecular formula is C22H28N8O. The minimum absolute atomic E-state index is 0.156. The van der Waals surface area contributed by atoms with E-state index in [4.69, 9.17) is 10.7 Å². The van der Waals surface area contributed by atoms with Gasteiger partial charge in [0.2, 0.25) is 0 Å². The third-order valence-corrected chi connectivity index (χ3v) is 6.01. The maximum Gasteiger partial charge on any atom is 0.274 e. The number of pyridine rings is 2. The summed E-state index contributed by atoms with van der Waals surface area (Å²) in [6.07, 6.45) is 6.32. The number of carbonyl (C=O) groups is 1. The van der Waals surface area contributed by atoms with Crippen molar-refractivity contribution in [2.45, 2.75) is 31.7 Å². The van der Waals surface area contributed by atoms with Gasteiger partial charge >= 0.3 is 0 Å². The highest BCUT2D eigenvalue weighted by molar-refractivity contribution is 6.05. The first-order chi connectivity index (χ1) is 15.1. The molecule has 0 saturated carbocycles. The molecule has 0 spiro atoms. The number of nitrogens with zero attached hydrogens (tertiary/aromatic N) is 6. The molecule has 3 aromatic heterocycles. The van der Waals surface area contributed by atoms with E-state index in [1.54, 1.807) is 10.7 Å². The second kappa shape index (κ2) is 8.14. The Balaban J connectivity index is 1.44. The monoisotopic (exact) mass is 420 g/mol. The lowest BCUT2D eigenvalue weighted by atomic mass is 10.1. The number of amides is 1. The minimum atomic E-state index is -0.242. The number of carbonyl (C=O) groups excluding carboxylic acids is 1. The molecule has 2 aliphatic heterocycles. The third kappa shape index (κ3) is 4.05. The number of nitrogens with one attached hydrogen (secondary N) is 1. The Hall–Kier alpha value is -3.20. The van der Waals surface area contributed by atoms with Gasteiger partial charge in [0, 0.05) is 50.9 Å². The topological polar surface area (TPSA) is 105 Å². The number of nitrogens with two attached hydrogens (primary N) is 1. The van der Waals surface area contributed by atoms with E-state index in [1.165, 1.54) is 6.42 Å². The van der Waals surface area contributed by atoms with Gasteiger partial charge in [-0.15, -0.1) is 0 Å². The number of piperidine rings is 1. The molecule has 5 heterocycles. The number of aromatic nitrogens is 4. The molecule has 1 atom stereocenters. The molecule has 0 bridgehead atoms. The van der Waals surface area contributed by atoms with E-state index in [1.807, 2.05) is 31.4 Å². The van der Waals surface area contributed by atoms with Gasteiger partial charge in [0.1, 0.15) is 11.5 Å². The van der Waals surface area contributed by atoms with Gasteiger partial charge < -0.3 is 20.9 Å². The van der Waals surface area contributed by atoms with Crippen LogP contribution in [0.3, 0.4) is 0 Å². The van der Waals surface area contributed by atoms with Gasteiger partial charge in [-0.3, -0.25) is 9.48 Å². The number of rotatable bonds is 4. The Bertz CT molecular complexity index is 1100. The number of hydrogen-bond donors (Lipinski definition) is 2. The Morgan fingerprint density at radius 3 is 2.74 bits per heavy atom. The lowest BCUT2D eigenvalue weighted by Crippen LogP contribution is -2.31. The Morgan fingerprint density at radius 2 is 1.97 bits per heavy atom. The van der Waals surface area contributed by atoms with Crippen LogP contribution in [0.2, 0.25) is 0 Å². The van der Waals surface area contributed by atoms with Crippen LogP contribution in [0.15, 0.2) is 30.5 Å². The molecule has 3 N–H and O–H groups in total. The Labute approximate surface area is 181 Å². The van der Waals surface area contributed by atoms with E-state index in [2.05, 4.69) is 25.2 Å². The average molecular weight is 421 g/mol. The fourth-order valence-corrected chi connectivity index (χ4v) is 4.41. The molecule has 2 fully saturated rings. The minimum Gasteiger partial charge on any atom is -0.355 e. The number of fused-ring (bicyclic) bond motifs is 1. The van der Waals surface area contributed by atoms with Gasteiger partial charge in [-0.05, 0) is 43.9 Å². The molecule has 2 saturated heterocycles. The van der Waals surface area contributed by atoms with E-state index in [0.717, 1.165) is 62.5 Å². The lowest BCUT2D eigenvalue weighted by molar-refractivity contribution is 0.102. The molecule has 9 nitrogen and oxygen atoms in total. The smallest absolute Gasteiger partial charge is 0.274 e.